The molecule has 1 aromatic rings. The average molecular weight is 281 g/mol. The number of nitrogens with zero attached hydrogens (tertiary/aromatic N) is 1. The molecule has 21 heavy (non-hydrogen) atoms. The van der Waals surface area contributed by atoms with Crippen LogP contribution in [0.2, 0.25) is 0 Å². The van der Waals surface area contributed by atoms with Crippen molar-refractivity contribution in [1.82, 2.24) is 0 Å². The first-order chi connectivity index (χ1) is 10.3. The first-order valence-electron chi connectivity index (χ1n) is 8.48. The predicted molar refractivity (Wildman–Crippen MR) is 89.1 cm³/mol. The third-order valence-corrected chi connectivity index (χ3v) is 4.73. The van der Waals surface area contributed by atoms with E-state index in [2.05, 4.69) is 43.3 Å². The molecule has 0 atom stereocenters. The zero-order valence-corrected chi connectivity index (χ0v) is 13.2. The summed E-state index contributed by atoms with van der Waals surface area (Å²) in [6.07, 6.45) is 13.9. The van der Waals surface area contributed by atoms with Gasteiger partial charge in [-0.15, -0.1) is 0 Å². The van der Waals surface area contributed by atoms with Crippen molar-refractivity contribution in [3.05, 3.63) is 47.5 Å². The van der Waals surface area contributed by atoms with E-state index in [1.165, 1.54) is 62.5 Å². The molecule has 0 N–H and O–H groups in total. The van der Waals surface area contributed by atoms with Crippen molar-refractivity contribution < 1.29 is 0 Å². The molecule has 1 aliphatic rings. The molecule has 1 heteroatoms. The Morgan fingerprint density at radius 2 is 1.81 bits per heavy atom. The average Bonchev–Trinajstić information content (AvgIpc) is 2.54. The second-order valence-corrected chi connectivity index (χ2v) is 6.30. The van der Waals surface area contributed by atoms with Gasteiger partial charge in [0.25, 0.3) is 0 Å². The van der Waals surface area contributed by atoms with Crippen molar-refractivity contribution in [2.45, 2.75) is 64.2 Å². The number of allylic oxidation sites excluding steroid dienone is 2. The third-order valence-electron chi connectivity index (χ3n) is 4.73. The van der Waals surface area contributed by atoms with Crippen molar-refractivity contribution >= 4 is 0 Å². The van der Waals surface area contributed by atoms with E-state index >= 15 is 0 Å². The minimum absolute atomic E-state index is 0.620. The molecule has 0 amide bonds. The van der Waals surface area contributed by atoms with Crippen molar-refractivity contribution in [1.29, 1.82) is 5.26 Å². The summed E-state index contributed by atoms with van der Waals surface area (Å²) in [5.41, 5.74) is 3.00. The lowest BCUT2D eigenvalue weighted by atomic mass is 9.78. The summed E-state index contributed by atoms with van der Waals surface area (Å²) in [5, 5.41) is 8.59. The maximum absolute atomic E-state index is 8.59. The van der Waals surface area contributed by atoms with Gasteiger partial charge in [0.1, 0.15) is 0 Å². The van der Waals surface area contributed by atoms with Crippen LogP contribution in [0.3, 0.4) is 0 Å². The molecule has 2 rings (SSSR count). The Balaban J connectivity index is 1.83. The molecule has 0 unspecified atom stereocenters. The van der Waals surface area contributed by atoms with E-state index in [-0.39, 0.29) is 0 Å². The van der Waals surface area contributed by atoms with E-state index in [0.717, 1.165) is 5.92 Å². The predicted octanol–water partition coefficient (Wildman–Crippen LogP) is 5.77. The van der Waals surface area contributed by atoms with E-state index < -0.39 is 0 Å². The highest BCUT2D eigenvalue weighted by molar-refractivity contribution is 5.26. The lowest BCUT2D eigenvalue weighted by Gasteiger charge is -2.27. The van der Waals surface area contributed by atoms with Crippen LogP contribution in [-0.4, -0.2) is 0 Å². The van der Waals surface area contributed by atoms with Gasteiger partial charge in [0.15, 0.2) is 0 Å². The van der Waals surface area contributed by atoms with Gasteiger partial charge in [-0.3, -0.25) is 0 Å². The maximum Gasteiger partial charge on any atom is 0.0908 e. The molecule has 1 saturated carbocycles. The molecule has 0 aliphatic heterocycles. The number of hydrogen-bond acceptors (Lipinski definition) is 1. The first-order valence-corrected chi connectivity index (χ1v) is 8.48. The van der Waals surface area contributed by atoms with Crippen LogP contribution in [0, 0.1) is 17.2 Å². The fraction of sp³-hybridized carbons (Fsp3) is 0.550. The van der Waals surface area contributed by atoms with Crippen LogP contribution in [0.25, 0.3) is 0 Å². The smallest absolute Gasteiger partial charge is 0.0908 e. The monoisotopic (exact) mass is 281 g/mol. The minimum atomic E-state index is 0.620. The largest absolute Gasteiger partial charge is 0.193 e. The SMILES string of the molecule is CCCCCc1ccc([C@H]2CC[C@H](/C=C/C#N)CC2)cc1. The Morgan fingerprint density at radius 3 is 2.43 bits per heavy atom. The molecule has 1 fully saturated rings. The molecule has 0 bridgehead atoms. The zero-order valence-electron chi connectivity index (χ0n) is 13.2. The molecule has 0 spiro atoms. The number of hydrogen-bond donors (Lipinski definition) is 0. The van der Waals surface area contributed by atoms with Gasteiger partial charge in [0.05, 0.1) is 6.07 Å². The van der Waals surface area contributed by atoms with E-state index in [1.54, 1.807) is 6.08 Å². The fourth-order valence-corrected chi connectivity index (χ4v) is 3.36. The second-order valence-electron chi connectivity index (χ2n) is 6.30. The van der Waals surface area contributed by atoms with Crippen LogP contribution in [-0.2, 0) is 6.42 Å². The molecule has 0 saturated heterocycles. The van der Waals surface area contributed by atoms with Crippen LogP contribution < -0.4 is 0 Å². The zero-order chi connectivity index (χ0) is 14.9. The molecule has 1 aliphatic carbocycles. The van der Waals surface area contributed by atoms with E-state index in [9.17, 15) is 0 Å². The van der Waals surface area contributed by atoms with Gasteiger partial charge in [0, 0.05) is 6.08 Å². The summed E-state index contributed by atoms with van der Waals surface area (Å²) in [7, 11) is 0. The van der Waals surface area contributed by atoms with Gasteiger partial charge in [-0.05, 0) is 61.5 Å². The van der Waals surface area contributed by atoms with Crippen molar-refractivity contribution in [3.63, 3.8) is 0 Å². The van der Waals surface area contributed by atoms with Gasteiger partial charge in [-0.1, -0.05) is 50.1 Å². The molecule has 0 radical (unpaired) electrons. The Morgan fingerprint density at radius 1 is 1.10 bits per heavy atom. The molecule has 1 nitrogen and oxygen atoms in total. The summed E-state index contributed by atoms with van der Waals surface area (Å²) >= 11 is 0. The van der Waals surface area contributed by atoms with Gasteiger partial charge < -0.3 is 0 Å². The van der Waals surface area contributed by atoms with Crippen molar-refractivity contribution in [3.8, 4) is 6.07 Å². The number of aryl methyl sites for hydroxylation is 1. The summed E-state index contributed by atoms with van der Waals surface area (Å²) in [6.45, 7) is 2.26. The highest BCUT2D eigenvalue weighted by Crippen LogP contribution is 2.36. The Kier molecular flexibility index (Phi) is 6.54. The first kappa shape index (κ1) is 15.8. The standard InChI is InChI=1S/C20H27N/c1-2-3-4-6-17-8-12-19(13-9-17)20-14-10-18(11-15-20)7-5-16-21/h5,7-9,12-13,18,20H,2-4,6,10-11,14-15H2,1H3/b7-5+/t18-,20-. The molecule has 112 valence electrons. The number of unbranched alkanes of at least 4 members (excludes halogenated alkanes) is 2. The normalized spacial score (nSPS) is 22.3. The van der Waals surface area contributed by atoms with Crippen LogP contribution >= 0.6 is 0 Å². The molecule has 1 aromatic carbocycles. The highest BCUT2D eigenvalue weighted by atomic mass is 14.3. The number of benzene rings is 1. The minimum Gasteiger partial charge on any atom is -0.193 e. The number of nitriles is 1. The third kappa shape index (κ3) is 5.05. The van der Waals surface area contributed by atoms with Crippen molar-refractivity contribution in [2.24, 2.45) is 5.92 Å². The molecular weight excluding hydrogens is 254 g/mol. The lowest BCUT2D eigenvalue weighted by molar-refractivity contribution is 0.376. The van der Waals surface area contributed by atoms with Crippen LogP contribution in [0.15, 0.2) is 36.4 Å². The molecule has 0 aromatic heterocycles. The Labute approximate surface area is 129 Å². The summed E-state index contributed by atoms with van der Waals surface area (Å²) in [5.74, 6) is 1.34. The summed E-state index contributed by atoms with van der Waals surface area (Å²) in [6, 6.07) is 11.4. The highest BCUT2D eigenvalue weighted by Gasteiger charge is 2.20. The molecular formula is C20H27N. The van der Waals surface area contributed by atoms with Gasteiger partial charge >= 0.3 is 0 Å². The molecule has 0 heterocycles. The Hall–Kier alpha value is -1.55. The van der Waals surface area contributed by atoms with E-state index in [0.29, 0.717) is 5.92 Å². The maximum atomic E-state index is 8.59. The topological polar surface area (TPSA) is 23.8 Å². The van der Waals surface area contributed by atoms with Crippen LogP contribution in [0.4, 0.5) is 0 Å². The fourth-order valence-electron chi connectivity index (χ4n) is 3.36. The summed E-state index contributed by atoms with van der Waals surface area (Å²) in [4.78, 5) is 0. The van der Waals surface area contributed by atoms with Crippen molar-refractivity contribution in [2.75, 3.05) is 0 Å². The number of rotatable bonds is 6. The van der Waals surface area contributed by atoms with Gasteiger partial charge in [0.2, 0.25) is 0 Å². The van der Waals surface area contributed by atoms with Crippen LogP contribution in [0.1, 0.15) is 68.9 Å². The quantitative estimate of drug-likeness (QED) is 0.479. The van der Waals surface area contributed by atoms with Gasteiger partial charge in [-0.25, -0.2) is 0 Å². The lowest BCUT2D eigenvalue weighted by Crippen LogP contribution is -2.11. The second kappa shape index (κ2) is 8.67. The van der Waals surface area contributed by atoms with Gasteiger partial charge in [-0.2, -0.15) is 5.26 Å². The van der Waals surface area contributed by atoms with Crippen LogP contribution in [0.5, 0.6) is 0 Å². The summed E-state index contributed by atoms with van der Waals surface area (Å²) < 4.78 is 0. The Bertz CT molecular complexity index is 470. The van der Waals surface area contributed by atoms with E-state index in [1.807, 2.05) is 0 Å². The van der Waals surface area contributed by atoms with E-state index in [4.69, 9.17) is 5.26 Å².